The van der Waals surface area contributed by atoms with Crippen LogP contribution < -0.4 is 5.32 Å². The fraction of sp³-hybridized carbons (Fsp3) is 0.824. The molecule has 0 heterocycles. The Balaban J connectivity index is 1.52. The van der Waals surface area contributed by atoms with Gasteiger partial charge in [-0.25, -0.2) is 0 Å². The Labute approximate surface area is 117 Å². The van der Waals surface area contributed by atoms with Gasteiger partial charge in [0.05, 0.1) is 0 Å². The molecule has 19 heavy (non-hydrogen) atoms. The number of hydrogen-bond donors (Lipinski definition) is 2. The van der Waals surface area contributed by atoms with Crippen LogP contribution in [0.4, 0.5) is 0 Å². The summed E-state index contributed by atoms with van der Waals surface area (Å²) in [4.78, 5) is 0. The highest BCUT2D eigenvalue weighted by Gasteiger charge is 2.55. The van der Waals surface area contributed by atoms with Gasteiger partial charge < -0.3 is 10.7 Å². The van der Waals surface area contributed by atoms with E-state index in [1.54, 1.807) is 0 Å². The first kappa shape index (κ1) is 13.4. The standard InChI is InChI=1S/C17H28N2/c1-10(12(3)18)6-7-19-16-9-13-8-15(16)17-11(2)4-5-14(13)17/h11,13-19H,1,4-9H2,2-3H3. The Morgan fingerprint density at radius 2 is 2.05 bits per heavy atom. The van der Waals surface area contributed by atoms with Gasteiger partial charge in [-0.15, -0.1) is 0 Å². The van der Waals surface area contributed by atoms with Crippen LogP contribution in [-0.2, 0) is 0 Å². The molecule has 0 radical (unpaired) electrons. The van der Waals surface area contributed by atoms with Crippen molar-refractivity contribution in [1.29, 1.82) is 5.41 Å². The molecule has 3 saturated carbocycles. The lowest BCUT2D eigenvalue weighted by Crippen LogP contribution is -2.41. The van der Waals surface area contributed by atoms with Crippen molar-refractivity contribution in [3.63, 3.8) is 0 Å². The summed E-state index contributed by atoms with van der Waals surface area (Å²) in [5.41, 5.74) is 1.63. The van der Waals surface area contributed by atoms with Crippen molar-refractivity contribution < 1.29 is 0 Å². The van der Waals surface area contributed by atoms with E-state index in [1.165, 1.54) is 25.7 Å². The highest BCUT2D eigenvalue weighted by Crippen LogP contribution is 2.60. The molecule has 6 unspecified atom stereocenters. The summed E-state index contributed by atoms with van der Waals surface area (Å²) in [5.74, 6) is 5.01. The molecule has 2 bridgehead atoms. The first-order valence-electron chi connectivity index (χ1n) is 8.04. The van der Waals surface area contributed by atoms with Crippen molar-refractivity contribution in [3.8, 4) is 0 Å². The molecule has 6 atom stereocenters. The highest BCUT2D eigenvalue weighted by atomic mass is 14.9. The molecule has 2 heteroatoms. The molecule has 0 spiro atoms. The maximum Gasteiger partial charge on any atom is 0.0309 e. The summed E-state index contributed by atoms with van der Waals surface area (Å²) in [6, 6.07) is 0.755. The maximum atomic E-state index is 7.57. The SMILES string of the molecule is C=C(CCNC1CC2CC1C1C(C)CCC21)C(C)=N. The first-order chi connectivity index (χ1) is 9.08. The molecule has 106 valence electrons. The normalized spacial score (nSPS) is 43.5. The molecular formula is C17H28N2. The molecule has 0 aliphatic heterocycles. The first-order valence-corrected chi connectivity index (χ1v) is 8.04. The monoisotopic (exact) mass is 260 g/mol. The van der Waals surface area contributed by atoms with E-state index in [4.69, 9.17) is 5.41 Å². The van der Waals surface area contributed by atoms with Crippen molar-refractivity contribution in [3.05, 3.63) is 12.2 Å². The average Bonchev–Trinajstić information content (AvgIpc) is 3.02. The second kappa shape index (κ2) is 5.05. The number of fused-ring (bicyclic) bond motifs is 5. The summed E-state index contributed by atoms with van der Waals surface area (Å²) in [5, 5.41) is 11.3. The van der Waals surface area contributed by atoms with E-state index in [0.717, 1.165) is 54.2 Å². The van der Waals surface area contributed by atoms with E-state index < -0.39 is 0 Å². The van der Waals surface area contributed by atoms with E-state index in [-0.39, 0.29) is 0 Å². The number of nitrogens with one attached hydrogen (secondary N) is 2. The van der Waals surface area contributed by atoms with Gasteiger partial charge in [0.15, 0.2) is 0 Å². The van der Waals surface area contributed by atoms with Gasteiger partial charge in [0.25, 0.3) is 0 Å². The molecule has 0 aromatic heterocycles. The largest absolute Gasteiger partial charge is 0.313 e. The van der Waals surface area contributed by atoms with Crippen LogP contribution in [0, 0.1) is 35.0 Å². The van der Waals surface area contributed by atoms with Crippen molar-refractivity contribution in [2.45, 2.75) is 52.0 Å². The van der Waals surface area contributed by atoms with E-state index in [9.17, 15) is 0 Å². The van der Waals surface area contributed by atoms with Crippen LogP contribution in [0.5, 0.6) is 0 Å². The Morgan fingerprint density at radius 3 is 2.79 bits per heavy atom. The maximum absolute atomic E-state index is 7.57. The summed E-state index contributed by atoms with van der Waals surface area (Å²) in [6.07, 6.45) is 6.81. The van der Waals surface area contributed by atoms with Crippen LogP contribution in [0.1, 0.15) is 46.0 Å². The number of rotatable bonds is 5. The van der Waals surface area contributed by atoms with Gasteiger partial charge in [-0.05, 0) is 74.3 Å². The van der Waals surface area contributed by atoms with Gasteiger partial charge in [0, 0.05) is 11.8 Å². The second-order valence-corrected chi connectivity index (χ2v) is 7.23. The Bertz CT molecular complexity index is 387. The molecule has 2 N–H and O–H groups in total. The highest BCUT2D eigenvalue weighted by molar-refractivity contribution is 5.94. The molecule has 3 aliphatic rings. The summed E-state index contributed by atoms with van der Waals surface area (Å²) in [7, 11) is 0. The van der Waals surface area contributed by atoms with Crippen LogP contribution in [0.2, 0.25) is 0 Å². The van der Waals surface area contributed by atoms with Crippen LogP contribution >= 0.6 is 0 Å². The van der Waals surface area contributed by atoms with Crippen LogP contribution in [0.25, 0.3) is 0 Å². The minimum Gasteiger partial charge on any atom is -0.313 e. The third-order valence-electron chi connectivity index (χ3n) is 6.22. The Kier molecular flexibility index (Phi) is 3.55. The van der Waals surface area contributed by atoms with Crippen molar-refractivity contribution >= 4 is 5.71 Å². The van der Waals surface area contributed by atoms with Crippen molar-refractivity contribution in [2.75, 3.05) is 6.54 Å². The summed E-state index contributed by atoms with van der Waals surface area (Å²) < 4.78 is 0. The zero-order valence-corrected chi connectivity index (χ0v) is 12.4. The van der Waals surface area contributed by atoms with E-state index in [2.05, 4.69) is 18.8 Å². The van der Waals surface area contributed by atoms with E-state index in [0.29, 0.717) is 5.71 Å². The molecular weight excluding hydrogens is 232 g/mol. The van der Waals surface area contributed by atoms with Gasteiger partial charge in [-0.1, -0.05) is 19.9 Å². The molecule has 0 saturated heterocycles. The second-order valence-electron chi connectivity index (χ2n) is 7.23. The third-order valence-corrected chi connectivity index (χ3v) is 6.22. The molecule has 0 aromatic rings. The lowest BCUT2D eigenvalue weighted by molar-refractivity contribution is 0.179. The molecule has 3 aliphatic carbocycles. The Morgan fingerprint density at radius 1 is 1.26 bits per heavy atom. The summed E-state index contributed by atoms with van der Waals surface area (Å²) >= 11 is 0. The van der Waals surface area contributed by atoms with Crippen molar-refractivity contribution in [2.24, 2.45) is 29.6 Å². The van der Waals surface area contributed by atoms with E-state index in [1.807, 2.05) is 6.92 Å². The van der Waals surface area contributed by atoms with Gasteiger partial charge in [-0.2, -0.15) is 0 Å². The quantitative estimate of drug-likeness (QED) is 0.728. The molecule has 3 fully saturated rings. The molecule has 3 rings (SSSR count). The zero-order chi connectivity index (χ0) is 13.6. The predicted molar refractivity (Wildman–Crippen MR) is 80.5 cm³/mol. The van der Waals surface area contributed by atoms with Crippen LogP contribution in [0.3, 0.4) is 0 Å². The summed E-state index contributed by atoms with van der Waals surface area (Å²) in [6.45, 7) is 9.29. The molecule has 0 aromatic carbocycles. The minimum absolute atomic E-state index is 0.638. The number of hydrogen-bond acceptors (Lipinski definition) is 2. The smallest absolute Gasteiger partial charge is 0.0309 e. The van der Waals surface area contributed by atoms with Gasteiger partial charge in [0.2, 0.25) is 0 Å². The third kappa shape index (κ3) is 2.29. The lowest BCUT2D eigenvalue weighted by Gasteiger charge is -2.34. The zero-order valence-electron chi connectivity index (χ0n) is 12.4. The topological polar surface area (TPSA) is 35.9 Å². The fourth-order valence-electron chi connectivity index (χ4n) is 5.27. The molecule has 0 amide bonds. The Hall–Kier alpha value is -0.630. The van der Waals surface area contributed by atoms with Crippen molar-refractivity contribution in [1.82, 2.24) is 5.32 Å². The van der Waals surface area contributed by atoms with Crippen LogP contribution in [0.15, 0.2) is 12.2 Å². The van der Waals surface area contributed by atoms with Gasteiger partial charge >= 0.3 is 0 Å². The predicted octanol–water partition coefficient (Wildman–Crippen LogP) is 3.63. The average molecular weight is 260 g/mol. The van der Waals surface area contributed by atoms with E-state index >= 15 is 0 Å². The lowest BCUT2D eigenvalue weighted by atomic mass is 9.76. The minimum atomic E-state index is 0.638. The van der Waals surface area contributed by atoms with Gasteiger partial charge in [-0.3, -0.25) is 0 Å². The van der Waals surface area contributed by atoms with Gasteiger partial charge in [0.1, 0.15) is 0 Å². The molecule has 2 nitrogen and oxygen atoms in total. The van der Waals surface area contributed by atoms with Crippen LogP contribution in [-0.4, -0.2) is 18.3 Å². The fourth-order valence-corrected chi connectivity index (χ4v) is 5.27.